The number of hydrogen-bond donors (Lipinski definition) is 0. The molecule has 6 aliphatic rings. The Morgan fingerprint density at radius 2 is 1.89 bits per heavy atom. The number of allylic oxidation sites excluding steroid dienone is 1. The quantitative estimate of drug-likeness (QED) is 0.346. The number of carbonyl (C=O) groups excluding carboxylic acids is 2. The Morgan fingerprint density at radius 1 is 1.11 bits per heavy atom. The van der Waals surface area contributed by atoms with Crippen molar-refractivity contribution < 1.29 is 19.1 Å². The van der Waals surface area contributed by atoms with Crippen LogP contribution in [0.25, 0.3) is 0 Å². The number of nitrogens with zero attached hydrogens (tertiary/aromatic N) is 1. The van der Waals surface area contributed by atoms with Crippen LogP contribution in [0.3, 0.4) is 0 Å². The monoisotopic (exact) mass is 495 g/mol. The molecule has 2 heterocycles. The molecule has 1 saturated heterocycles. The summed E-state index contributed by atoms with van der Waals surface area (Å²) in [5.41, 5.74) is 3.52. The first kappa shape index (κ1) is 24.6. The third-order valence-electron chi connectivity index (χ3n) is 11.7. The molecule has 3 saturated carbocycles. The Morgan fingerprint density at radius 3 is 2.61 bits per heavy atom. The van der Waals surface area contributed by atoms with Crippen LogP contribution in [0.4, 0.5) is 0 Å². The lowest BCUT2D eigenvalue weighted by atomic mass is 9.47. The van der Waals surface area contributed by atoms with Crippen LogP contribution < -0.4 is 0 Å². The molecule has 0 unspecified atom stereocenters. The summed E-state index contributed by atoms with van der Waals surface area (Å²) in [5.74, 6) is 4.31. The summed E-state index contributed by atoms with van der Waals surface area (Å²) in [6, 6.07) is 0.132. The van der Waals surface area contributed by atoms with Gasteiger partial charge in [-0.15, -0.1) is 0 Å². The Hall–Kier alpha value is -1.78. The van der Waals surface area contributed by atoms with Gasteiger partial charge in [0.2, 0.25) is 5.91 Å². The van der Waals surface area contributed by atoms with Crippen molar-refractivity contribution >= 4 is 11.9 Å². The molecule has 0 bridgehead atoms. The minimum absolute atomic E-state index is 0.0607. The third-order valence-corrected chi connectivity index (χ3v) is 11.7. The topological polar surface area (TPSA) is 55.8 Å². The van der Waals surface area contributed by atoms with Gasteiger partial charge in [-0.25, -0.2) is 0 Å². The van der Waals surface area contributed by atoms with Crippen molar-refractivity contribution in [3.8, 4) is 0 Å². The summed E-state index contributed by atoms with van der Waals surface area (Å²) < 4.78 is 12.5. The molecule has 5 heteroatoms. The fourth-order valence-corrected chi connectivity index (χ4v) is 10.2. The zero-order chi connectivity index (χ0) is 25.6. The molecule has 0 aromatic carbocycles. The van der Waals surface area contributed by atoms with Gasteiger partial charge < -0.3 is 14.4 Å². The van der Waals surface area contributed by atoms with E-state index >= 15 is 0 Å². The van der Waals surface area contributed by atoms with E-state index in [1.807, 2.05) is 0 Å². The van der Waals surface area contributed by atoms with E-state index in [4.69, 9.17) is 9.47 Å². The summed E-state index contributed by atoms with van der Waals surface area (Å²) in [5, 5.41) is 0. The molecule has 0 N–H and O–H groups in total. The smallest absolute Gasteiger partial charge is 0.302 e. The average Bonchev–Trinajstić information content (AvgIpc) is 3.44. The minimum atomic E-state index is -0.148. The molecule has 5 nitrogen and oxygen atoms in total. The summed E-state index contributed by atoms with van der Waals surface area (Å²) >= 11 is 0. The molecule has 6 rings (SSSR count). The number of rotatable bonds is 2. The van der Waals surface area contributed by atoms with Crippen LogP contribution in [0.1, 0.15) is 92.9 Å². The zero-order valence-electron chi connectivity index (χ0n) is 23.1. The Bertz CT molecular complexity index is 1030. The van der Waals surface area contributed by atoms with E-state index in [-0.39, 0.29) is 41.0 Å². The van der Waals surface area contributed by atoms with Gasteiger partial charge in [0.05, 0.1) is 6.04 Å². The predicted molar refractivity (Wildman–Crippen MR) is 139 cm³/mol. The first-order valence-corrected chi connectivity index (χ1v) is 14.5. The van der Waals surface area contributed by atoms with Gasteiger partial charge in [-0.1, -0.05) is 32.4 Å². The number of hydrogen-bond acceptors (Lipinski definition) is 4. The molecule has 198 valence electrons. The molecular formula is C31H45NO4. The highest BCUT2D eigenvalue weighted by molar-refractivity contribution is 5.74. The van der Waals surface area contributed by atoms with Gasteiger partial charge in [0, 0.05) is 32.7 Å². The second kappa shape index (κ2) is 8.36. The normalized spacial score (nSPS) is 47.4. The highest BCUT2D eigenvalue weighted by Crippen LogP contribution is 2.69. The largest absolute Gasteiger partial charge is 0.492 e. The van der Waals surface area contributed by atoms with Gasteiger partial charge >= 0.3 is 5.97 Å². The van der Waals surface area contributed by atoms with E-state index in [9.17, 15) is 9.59 Å². The number of esters is 1. The fraction of sp³-hybridized carbons (Fsp3) is 0.806. The van der Waals surface area contributed by atoms with Crippen molar-refractivity contribution in [2.24, 2.45) is 40.4 Å². The number of amides is 1. The van der Waals surface area contributed by atoms with Crippen LogP contribution in [-0.2, 0) is 19.1 Å². The van der Waals surface area contributed by atoms with E-state index in [2.05, 4.69) is 38.7 Å². The fourth-order valence-electron chi connectivity index (χ4n) is 10.2. The Balaban J connectivity index is 1.25. The van der Waals surface area contributed by atoms with Crippen molar-refractivity contribution in [2.45, 2.75) is 111 Å². The second-order valence-electron chi connectivity index (χ2n) is 13.7. The minimum Gasteiger partial charge on any atom is -0.492 e. The molecule has 4 fully saturated rings. The molecule has 0 spiro atoms. The van der Waals surface area contributed by atoms with Crippen molar-refractivity contribution in [3.63, 3.8) is 0 Å². The average molecular weight is 496 g/mol. The van der Waals surface area contributed by atoms with Gasteiger partial charge in [-0.3, -0.25) is 9.59 Å². The molecule has 36 heavy (non-hydrogen) atoms. The third kappa shape index (κ3) is 3.46. The van der Waals surface area contributed by atoms with Crippen LogP contribution in [-0.4, -0.2) is 41.6 Å². The van der Waals surface area contributed by atoms with Crippen molar-refractivity contribution in [2.75, 3.05) is 6.54 Å². The van der Waals surface area contributed by atoms with Crippen LogP contribution in [0.2, 0.25) is 0 Å². The van der Waals surface area contributed by atoms with Crippen molar-refractivity contribution in [1.82, 2.24) is 4.90 Å². The SMILES string of the molecule is CC(=O)O[C@H]1CC[C@@]2(C)C(=CC[C@H]3[C@@H]4C[C@@H]5OC([C@@H]6C[C@H](C)CN6C(C)=O)=C(C)[C@@H]5[C@@]4(C)CC[C@@H]32)C1. The maximum Gasteiger partial charge on any atom is 0.302 e. The van der Waals surface area contributed by atoms with Crippen LogP contribution in [0.5, 0.6) is 0 Å². The van der Waals surface area contributed by atoms with Gasteiger partial charge in [0.25, 0.3) is 0 Å². The van der Waals surface area contributed by atoms with Gasteiger partial charge in [0.1, 0.15) is 18.0 Å². The summed E-state index contributed by atoms with van der Waals surface area (Å²) in [4.78, 5) is 26.0. The molecule has 1 amide bonds. The Kier molecular flexibility index (Phi) is 5.70. The first-order valence-electron chi connectivity index (χ1n) is 14.5. The number of carbonyl (C=O) groups is 2. The van der Waals surface area contributed by atoms with Crippen molar-refractivity contribution in [3.05, 3.63) is 23.0 Å². The van der Waals surface area contributed by atoms with E-state index < -0.39 is 0 Å². The highest BCUT2D eigenvalue weighted by Gasteiger charge is 2.64. The van der Waals surface area contributed by atoms with Crippen molar-refractivity contribution in [1.29, 1.82) is 0 Å². The standard InChI is InChI=1S/C31H45NO4/c1-17-13-26(32(16-17)19(3)33)29-18(2)28-27(36-29)15-25-23-8-7-21-14-22(35-20(4)34)9-11-30(21,5)24(23)10-12-31(25,28)6/h7,17,22-28H,8-16H2,1-6H3/t17-,22-,23+,24-,25-,26-,27-,28-,30-,31-/m0/s1. The lowest BCUT2D eigenvalue weighted by Gasteiger charge is -2.58. The number of fused-ring (bicyclic) bond motifs is 7. The molecule has 0 aromatic rings. The lowest BCUT2D eigenvalue weighted by molar-refractivity contribution is -0.148. The maximum atomic E-state index is 12.4. The van der Waals surface area contributed by atoms with Gasteiger partial charge in [-0.2, -0.15) is 0 Å². The summed E-state index contributed by atoms with van der Waals surface area (Å²) in [6.07, 6.45) is 11.8. The van der Waals surface area contributed by atoms with Crippen LogP contribution in [0.15, 0.2) is 23.0 Å². The number of likely N-dealkylation sites (tertiary alicyclic amines) is 1. The molecule has 0 aromatic heterocycles. The summed E-state index contributed by atoms with van der Waals surface area (Å²) in [6.45, 7) is 13.7. The first-order chi connectivity index (χ1) is 17.0. The van der Waals surface area contributed by atoms with Gasteiger partial charge in [-0.05, 0) is 91.9 Å². The number of ether oxygens (including phenoxy) is 2. The molecule has 2 aliphatic heterocycles. The van der Waals surface area contributed by atoms with E-state index in [0.29, 0.717) is 23.7 Å². The molecule has 10 atom stereocenters. The van der Waals surface area contributed by atoms with E-state index in [1.165, 1.54) is 25.3 Å². The highest BCUT2D eigenvalue weighted by atomic mass is 16.5. The second-order valence-corrected chi connectivity index (χ2v) is 13.7. The summed E-state index contributed by atoms with van der Waals surface area (Å²) in [7, 11) is 0. The van der Waals surface area contributed by atoms with E-state index in [0.717, 1.165) is 56.7 Å². The van der Waals surface area contributed by atoms with Crippen LogP contribution in [0, 0.1) is 40.4 Å². The molecule has 4 aliphatic carbocycles. The Labute approximate surface area is 217 Å². The van der Waals surface area contributed by atoms with Crippen LogP contribution >= 0.6 is 0 Å². The predicted octanol–water partition coefficient (Wildman–Crippen LogP) is 6.04. The molecular weight excluding hydrogens is 450 g/mol. The zero-order valence-corrected chi connectivity index (χ0v) is 23.1. The molecule has 0 radical (unpaired) electrons. The van der Waals surface area contributed by atoms with Gasteiger partial charge in [0.15, 0.2) is 0 Å². The lowest BCUT2D eigenvalue weighted by Crippen LogP contribution is -2.50. The van der Waals surface area contributed by atoms with E-state index in [1.54, 1.807) is 12.5 Å². The maximum absolute atomic E-state index is 12.4.